The van der Waals surface area contributed by atoms with Gasteiger partial charge in [0.25, 0.3) is 0 Å². The molecule has 0 rings (SSSR count). The molecule has 0 aliphatic rings. The predicted octanol–water partition coefficient (Wildman–Crippen LogP) is 22.3. The van der Waals surface area contributed by atoms with Crippen LogP contribution < -0.4 is 0 Å². The van der Waals surface area contributed by atoms with Crippen LogP contribution in [0.2, 0.25) is 0 Å². The van der Waals surface area contributed by atoms with Gasteiger partial charge in [0.2, 0.25) is 0 Å². The molecule has 1 N–H and O–H groups in total. The van der Waals surface area contributed by atoms with Gasteiger partial charge in [-0.25, -0.2) is 4.57 Å². The van der Waals surface area contributed by atoms with Crippen LogP contribution in [0.15, 0.2) is 122 Å². The van der Waals surface area contributed by atoms with Gasteiger partial charge in [0, 0.05) is 12.8 Å². The zero-order valence-electron chi connectivity index (χ0n) is 54.9. The molecule has 2 unspecified atom stereocenters. The third-order valence-corrected chi connectivity index (χ3v) is 15.5. The largest absolute Gasteiger partial charge is 0.472 e. The van der Waals surface area contributed by atoms with Gasteiger partial charge in [-0.2, -0.15) is 0 Å². The van der Waals surface area contributed by atoms with Gasteiger partial charge in [0.05, 0.1) is 27.7 Å². The number of esters is 2. The second-order valence-corrected chi connectivity index (χ2v) is 25.3. The first-order valence-electron chi connectivity index (χ1n) is 34.3. The van der Waals surface area contributed by atoms with Gasteiger partial charge in [0.15, 0.2) is 6.10 Å². The van der Waals surface area contributed by atoms with E-state index in [4.69, 9.17) is 18.5 Å². The summed E-state index contributed by atoms with van der Waals surface area (Å²) in [6, 6.07) is 0. The number of allylic oxidation sites excluding steroid dienone is 20. The minimum absolute atomic E-state index is 0.0277. The third-order valence-electron chi connectivity index (χ3n) is 14.5. The standard InChI is InChI=1S/C74H128NO8P/c1-6-8-10-12-14-16-18-20-22-24-26-27-28-29-30-31-32-33-34-35-36-37-38-39-40-41-42-43-44-45-46-47-49-51-53-55-57-59-61-63-65-67-74(77)83-72(71-82-84(78,79)81-69-68-75(3,4)5)70-80-73(76)66-64-62-60-58-56-54-52-50-48-25-23-21-19-17-15-13-11-9-7-2/h8,10,14,16,20,22,26-27,29-30,32-33,35-36,38-39,41-42,44-45,72H,6-7,9,11-13,15,17-19,21,23-25,28,31,34,37,40,43,46-71H2,1-5H3/p+1/b10-8-,16-14-,22-20-,27-26-,30-29-,33-32-,36-35-,39-38-,42-41-,45-44-. The molecule has 10 heteroatoms. The molecule has 0 saturated heterocycles. The van der Waals surface area contributed by atoms with Crippen molar-refractivity contribution in [3.8, 4) is 0 Å². The molecule has 0 saturated carbocycles. The molecule has 482 valence electrons. The van der Waals surface area contributed by atoms with E-state index in [2.05, 4.69) is 135 Å². The number of carbonyl (C=O) groups is 2. The van der Waals surface area contributed by atoms with Gasteiger partial charge in [-0.1, -0.05) is 302 Å². The van der Waals surface area contributed by atoms with Crippen LogP contribution in [0.4, 0.5) is 0 Å². The normalized spacial score (nSPS) is 13.9. The fraction of sp³-hybridized carbons (Fsp3) is 0.703. The molecular weight excluding hydrogens is 1060 g/mol. The van der Waals surface area contributed by atoms with E-state index in [1.165, 1.54) is 141 Å². The van der Waals surface area contributed by atoms with Gasteiger partial charge >= 0.3 is 19.8 Å². The highest BCUT2D eigenvalue weighted by molar-refractivity contribution is 7.47. The Morgan fingerprint density at radius 2 is 0.679 bits per heavy atom. The Morgan fingerprint density at radius 3 is 1.01 bits per heavy atom. The molecule has 0 amide bonds. The van der Waals surface area contributed by atoms with E-state index in [0.29, 0.717) is 17.4 Å². The van der Waals surface area contributed by atoms with E-state index < -0.39 is 26.5 Å². The molecule has 2 atom stereocenters. The highest BCUT2D eigenvalue weighted by Gasteiger charge is 2.27. The van der Waals surface area contributed by atoms with Gasteiger partial charge in [-0.15, -0.1) is 0 Å². The molecule has 0 fully saturated rings. The van der Waals surface area contributed by atoms with E-state index in [1.54, 1.807) is 0 Å². The summed E-state index contributed by atoms with van der Waals surface area (Å²) in [6.45, 7) is 4.34. The Bertz CT molecular complexity index is 1830. The molecule has 0 aromatic carbocycles. The SMILES string of the molecule is CC/C=C\C/C=C\C/C=C\C/C=C\C/C=C\C/C=C\C/C=C\C/C=C\C/C=C\C/C=C\CCCCCCCCCCCCC(=O)OC(COC(=O)CCCCCCCCCCCCCCCCCCCCC)COP(=O)(O)OCC[N+](C)(C)C. The number of hydrogen-bond donors (Lipinski definition) is 1. The number of ether oxygens (including phenoxy) is 2. The highest BCUT2D eigenvalue weighted by Crippen LogP contribution is 2.43. The molecule has 0 spiro atoms. The van der Waals surface area contributed by atoms with Crippen LogP contribution >= 0.6 is 7.82 Å². The first-order valence-corrected chi connectivity index (χ1v) is 35.8. The smallest absolute Gasteiger partial charge is 0.462 e. The summed E-state index contributed by atoms with van der Waals surface area (Å²) in [5.41, 5.74) is 0. The Hall–Kier alpha value is -3.59. The van der Waals surface area contributed by atoms with Crippen molar-refractivity contribution in [3.05, 3.63) is 122 Å². The lowest BCUT2D eigenvalue weighted by Gasteiger charge is -2.24. The number of phosphoric ester groups is 1. The van der Waals surface area contributed by atoms with Crippen molar-refractivity contribution < 1.29 is 42.1 Å². The van der Waals surface area contributed by atoms with Crippen LogP contribution in [0.5, 0.6) is 0 Å². The number of carbonyl (C=O) groups excluding carboxylic acids is 2. The second kappa shape index (κ2) is 63.9. The number of rotatable bonds is 62. The summed E-state index contributed by atoms with van der Waals surface area (Å²) in [4.78, 5) is 35.8. The van der Waals surface area contributed by atoms with Crippen LogP contribution in [-0.4, -0.2) is 74.9 Å². The minimum Gasteiger partial charge on any atom is -0.462 e. The minimum atomic E-state index is -4.40. The van der Waals surface area contributed by atoms with Crippen LogP contribution in [0, 0.1) is 0 Å². The average molecular weight is 1190 g/mol. The number of likely N-dealkylation sites (N-methyl/N-ethyl adjacent to an activating group) is 1. The number of unbranched alkanes of at least 4 members (excludes halogenated alkanes) is 28. The van der Waals surface area contributed by atoms with Gasteiger partial charge < -0.3 is 18.9 Å². The maximum atomic E-state index is 12.9. The summed E-state index contributed by atoms with van der Waals surface area (Å²) < 4.78 is 34.7. The van der Waals surface area contributed by atoms with Crippen molar-refractivity contribution in [1.82, 2.24) is 0 Å². The lowest BCUT2D eigenvalue weighted by molar-refractivity contribution is -0.870. The fourth-order valence-corrected chi connectivity index (χ4v) is 10.0. The summed E-state index contributed by atoms with van der Waals surface area (Å²) >= 11 is 0. The zero-order chi connectivity index (χ0) is 61.2. The van der Waals surface area contributed by atoms with Crippen molar-refractivity contribution in [2.24, 2.45) is 0 Å². The molecule has 0 aliphatic heterocycles. The fourth-order valence-electron chi connectivity index (χ4n) is 9.28. The van der Waals surface area contributed by atoms with E-state index in [-0.39, 0.29) is 32.0 Å². The van der Waals surface area contributed by atoms with E-state index >= 15 is 0 Å². The van der Waals surface area contributed by atoms with Crippen LogP contribution in [0.3, 0.4) is 0 Å². The Morgan fingerprint density at radius 1 is 0.381 bits per heavy atom. The zero-order valence-corrected chi connectivity index (χ0v) is 55.7. The number of quaternary nitrogens is 1. The molecule has 0 aliphatic carbocycles. The van der Waals surface area contributed by atoms with Crippen LogP contribution in [0.25, 0.3) is 0 Å². The molecule has 0 aromatic rings. The first-order chi connectivity index (χ1) is 41.0. The Labute approximate surface area is 518 Å². The average Bonchev–Trinajstić information content (AvgIpc) is 3.61. The second-order valence-electron chi connectivity index (χ2n) is 23.8. The van der Waals surface area contributed by atoms with Gasteiger partial charge in [-0.05, 0) is 89.9 Å². The molecule has 9 nitrogen and oxygen atoms in total. The molecule has 0 radical (unpaired) electrons. The third kappa shape index (κ3) is 67.5. The summed E-state index contributed by atoms with van der Waals surface area (Å²) in [6.07, 6.45) is 91.5. The van der Waals surface area contributed by atoms with Gasteiger partial charge in [-0.3, -0.25) is 18.6 Å². The predicted molar refractivity (Wildman–Crippen MR) is 362 cm³/mol. The first kappa shape index (κ1) is 80.4. The number of phosphoric acid groups is 1. The van der Waals surface area contributed by atoms with Crippen LogP contribution in [-0.2, 0) is 32.7 Å². The molecule has 0 bridgehead atoms. The van der Waals surface area contributed by atoms with Crippen molar-refractivity contribution in [1.29, 1.82) is 0 Å². The van der Waals surface area contributed by atoms with E-state index in [1.807, 2.05) is 21.1 Å². The monoisotopic (exact) mass is 1190 g/mol. The summed E-state index contributed by atoms with van der Waals surface area (Å²) in [7, 11) is 1.47. The lowest BCUT2D eigenvalue weighted by atomic mass is 10.0. The topological polar surface area (TPSA) is 108 Å². The van der Waals surface area contributed by atoms with Crippen molar-refractivity contribution >= 4 is 19.8 Å². The number of nitrogens with zero attached hydrogens (tertiary/aromatic N) is 1. The lowest BCUT2D eigenvalue weighted by Crippen LogP contribution is -2.37. The van der Waals surface area contributed by atoms with Crippen molar-refractivity contribution in [3.63, 3.8) is 0 Å². The van der Waals surface area contributed by atoms with Crippen molar-refractivity contribution in [2.45, 2.75) is 290 Å². The Kier molecular flexibility index (Phi) is 61.2. The Balaban J connectivity index is 4.07. The van der Waals surface area contributed by atoms with Crippen molar-refractivity contribution in [2.75, 3.05) is 47.5 Å². The molecule has 84 heavy (non-hydrogen) atoms. The molecule has 0 heterocycles. The van der Waals surface area contributed by atoms with E-state index in [0.717, 1.165) is 109 Å². The maximum absolute atomic E-state index is 12.9. The van der Waals surface area contributed by atoms with Crippen LogP contribution in [0.1, 0.15) is 284 Å². The number of hydrogen-bond acceptors (Lipinski definition) is 7. The maximum Gasteiger partial charge on any atom is 0.472 e. The molecule has 0 aromatic heterocycles. The summed E-state index contributed by atoms with van der Waals surface area (Å²) in [5, 5.41) is 0. The van der Waals surface area contributed by atoms with Gasteiger partial charge in [0.1, 0.15) is 19.8 Å². The highest BCUT2D eigenvalue weighted by atomic mass is 31.2. The summed E-state index contributed by atoms with van der Waals surface area (Å²) in [5.74, 6) is -0.797. The molecular formula is C74H129NO8P+. The quantitative estimate of drug-likeness (QED) is 0.0211. The van der Waals surface area contributed by atoms with E-state index in [9.17, 15) is 19.0 Å².